The number of esters is 1. The Bertz CT molecular complexity index is 957. The van der Waals surface area contributed by atoms with Crippen LogP contribution in [0.2, 0.25) is 10.0 Å². The van der Waals surface area contributed by atoms with Gasteiger partial charge in [-0.05, 0) is 18.2 Å². The van der Waals surface area contributed by atoms with Crippen molar-refractivity contribution >= 4 is 41.4 Å². The molecule has 0 fully saturated rings. The molecule has 1 heterocycles. The van der Waals surface area contributed by atoms with Gasteiger partial charge in [0.05, 0.1) is 23.8 Å². The second kappa shape index (κ2) is 11.9. The van der Waals surface area contributed by atoms with Crippen LogP contribution in [0.1, 0.15) is 12.5 Å². The highest BCUT2D eigenvalue weighted by atomic mass is 35.5. The van der Waals surface area contributed by atoms with Crippen molar-refractivity contribution in [1.82, 2.24) is 0 Å². The third kappa shape index (κ3) is 8.11. The highest BCUT2D eigenvalue weighted by Gasteiger charge is 2.49. The molecule has 0 saturated heterocycles. The number of hydrogen-bond acceptors (Lipinski definition) is 10. The van der Waals surface area contributed by atoms with E-state index >= 15 is 0 Å². The van der Waals surface area contributed by atoms with Crippen molar-refractivity contribution in [2.45, 2.75) is 25.5 Å². The van der Waals surface area contributed by atoms with Crippen LogP contribution in [0.15, 0.2) is 17.7 Å². The van der Waals surface area contributed by atoms with E-state index in [1.54, 1.807) is 0 Å². The van der Waals surface area contributed by atoms with Gasteiger partial charge in [-0.1, -0.05) is 23.2 Å². The minimum Gasteiger partial charge on any atom is -0.474 e. The van der Waals surface area contributed by atoms with Gasteiger partial charge in [0, 0.05) is 17.5 Å². The molecule has 0 radical (unpaired) electrons. The number of hydrogen-bond donors (Lipinski definition) is 0. The molecule has 1 aliphatic heterocycles. The molecule has 0 N–H and O–H groups in total. The Labute approximate surface area is 199 Å². The largest absolute Gasteiger partial charge is 0.511 e. The van der Waals surface area contributed by atoms with Crippen molar-refractivity contribution in [3.63, 3.8) is 0 Å². The average molecular weight is 534 g/mol. The van der Waals surface area contributed by atoms with Gasteiger partial charge in [0.25, 0.3) is 5.09 Å². The summed E-state index contributed by atoms with van der Waals surface area (Å²) in [5.41, 5.74) is -0.908. The Morgan fingerprint density at radius 2 is 1.85 bits per heavy atom. The predicted molar refractivity (Wildman–Crippen MR) is 107 cm³/mol. The van der Waals surface area contributed by atoms with Crippen molar-refractivity contribution < 1.29 is 56.4 Å². The van der Waals surface area contributed by atoms with E-state index in [-0.39, 0.29) is 47.8 Å². The molecular formula is C18H16Cl2F3NO10. The number of alkyl halides is 3. The van der Waals surface area contributed by atoms with E-state index in [1.807, 2.05) is 0 Å². The van der Waals surface area contributed by atoms with Crippen LogP contribution >= 0.6 is 23.2 Å². The van der Waals surface area contributed by atoms with Crippen LogP contribution in [-0.4, -0.2) is 62.2 Å². The fourth-order valence-electron chi connectivity index (χ4n) is 2.51. The molecule has 2 rings (SSSR count). The average Bonchev–Trinajstić information content (AvgIpc) is 2.70. The van der Waals surface area contributed by atoms with Crippen LogP contribution in [0.5, 0.6) is 5.75 Å². The zero-order valence-electron chi connectivity index (χ0n) is 17.1. The second-order valence-corrected chi connectivity index (χ2v) is 7.15. The lowest BCUT2D eigenvalue weighted by Crippen LogP contribution is -2.41. The van der Waals surface area contributed by atoms with Gasteiger partial charge < -0.3 is 28.5 Å². The molecule has 1 aliphatic rings. The normalized spacial score (nSPS) is 15.8. The summed E-state index contributed by atoms with van der Waals surface area (Å²) in [6.07, 6.45) is -9.77. The van der Waals surface area contributed by atoms with Gasteiger partial charge in [-0.15, -0.1) is 10.1 Å². The molecule has 0 bridgehead atoms. The maximum atomic E-state index is 13.5. The smallest absolute Gasteiger partial charge is 0.474 e. The van der Waals surface area contributed by atoms with Gasteiger partial charge in [-0.2, -0.15) is 13.2 Å². The summed E-state index contributed by atoms with van der Waals surface area (Å²) < 4.78 is 64.3. The molecule has 0 amide bonds. The Balaban J connectivity index is 1.92. The molecule has 2 unspecified atom stereocenters. The van der Waals surface area contributed by atoms with E-state index in [4.69, 9.17) is 37.4 Å². The molecule has 2 atom stereocenters. The monoisotopic (exact) mass is 533 g/mol. The maximum absolute atomic E-state index is 13.5. The maximum Gasteiger partial charge on any atom is 0.511 e. The molecule has 1 aromatic carbocycles. The van der Waals surface area contributed by atoms with Gasteiger partial charge in [-0.3, -0.25) is 0 Å². The van der Waals surface area contributed by atoms with Crippen LogP contribution in [0.25, 0.3) is 6.08 Å². The fraction of sp³-hybridized carbons (Fsp3) is 0.444. The number of nitrogens with zero attached hydrogens (tertiary/aromatic N) is 1. The molecule has 0 saturated carbocycles. The number of ether oxygens (including phenoxy) is 5. The van der Waals surface area contributed by atoms with Gasteiger partial charge in [-0.25, -0.2) is 9.59 Å². The fourth-order valence-corrected chi connectivity index (χ4v) is 3.07. The predicted octanol–water partition coefficient (Wildman–Crippen LogP) is 3.97. The van der Waals surface area contributed by atoms with E-state index in [0.717, 1.165) is 13.0 Å². The van der Waals surface area contributed by atoms with Crippen LogP contribution < -0.4 is 4.74 Å². The summed E-state index contributed by atoms with van der Waals surface area (Å²) in [6.45, 7) is 0.104. The molecule has 16 heteroatoms. The van der Waals surface area contributed by atoms with Crippen LogP contribution in [0.4, 0.5) is 18.0 Å². The Hall–Kier alpha value is -2.97. The summed E-state index contributed by atoms with van der Waals surface area (Å²) in [6, 6.07) is 2.42. The summed E-state index contributed by atoms with van der Waals surface area (Å²) in [5, 5.41) is 8.84. The first-order valence-corrected chi connectivity index (χ1v) is 9.97. The lowest BCUT2D eigenvalue weighted by Gasteiger charge is -2.29. The minimum atomic E-state index is -5.00. The van der Waals surface area contributed by atoms with Crippen molar-refractivity contribution in [2.24, 2.45) is 0 Å². The third-order valence-electron chi connectivity index (χ3n) is 3.81. The minimum absolute atomic E-state index is 0.0153. The summed E-state index contributed by atoms with van der Waals surface area (Å²) >= 11 is 11.7. The molecular weight excluding hydrogens is 518 g/mol. The number of benzene rings is 1. The summed E-state index contributed by atoms with van der Waals surface area (Å²) in [7, 11) is 0. The van der Waals surface area contributed by atoms with E-state index in [1.165, 1.54) is 12.1 Å². The summed E-state index contributed by atoms with van der Waals surface area (Å²) in [4.78, 5) is 37.9. The standard InChI is InChI=1S/C18H16Cl2F3NO10/c1-9(33-17(26)30-4-2-29-3-5-31-24(27)28)32-16(25)12-7-10-6-11(19)8-13(20)14(10)34-15(12)18(21,22)23/h6-9,15H,2-5H2,1H3. The third-order valence-corrected chi connectivity index (χ3v) is 4.31. The quantitative estimate of drug-likeness (QED) is 0.143. The number of carbonyl (C=O) groups excluding carboxylic acids is 2. The van der Waals surface area contributed by atoms with Crippen molar-refractivity contribution in [2.75, 3.05) is 26.4 Å². The van der Waals surface area contributed by atoms with Crippen molar-refractivity contribution in [1.29, 1.82) is 0 Å². The highest BCUT2D eigenvalue weighted by Crippen LogP contribution is 2.42. The molecule has 188 valence electrons. The lowest BCUT2D eigenvalue weighted by molar-refractivity contribution is -0.758. The molecule has 0 aromatic heterocycles. The Morgan fingerprint density at radius 1 is 1.18 bits per heavy atom. The topological polar surface area (TPSA) is 133 Å². The zero-order valence-corrected chi connectivity index (χ0v) is 18.6. The SMILES string of the molecule is CC(OC(=O)OCCOCCO[N+](=O)[O-])OC(=O)C1=Cc2cc(Cl)cc(Cl)c2OC1C(F)(F)F. The number of rotatable bonds is 10. The van der Waals surface area contributed by atoms with Crippen molar-refractivity contribution in [3.8, 4) is 5.75 Å². The van der Waals surface area contributed by atoms with Gasteiger partial charge in [0.2, 0.25) is 12.4 Å². The zero-order chi connectivity index (χ0) is 25.5. The molecule has 1 aromatic rings. The number of halogens is 5. The van der Waals surface area contributed by atoms with Gasteiger partial charge in [0.1, 0.15) is 19.0 Å². The molecule has 0 aliphatic carbocycles. The van der Waals surface area contributed by atoms with E-state index in [2.05, 4.69) is 14.3 Å². The summed E-state index contributed by atoms with van der Waals surface area (Å²) in [5.74, 6) is -1.79. The second-order valence-electron chi connectivity index (χ2n) is 6.30. The van der Waals surface area contributed by atoms with E-state index < -0.39 is 41.4 Å². The van der Waals surface area contributed by atoms with Crippen LogP contribution in [0.3, 0.4) is 0 Å². The van der Waals surface area contributed by atoms with E-state index in [9.17, 15) is 32.9 Å². The highest BCUT2D eigenvalue weighted by molar-refractivity contribution is 6.36. The lowest BCUT2D eigenvalue weighted by atomic mass is 10.0. The molecule has 0 spiro atoms. The van der Waals surface area contributed by atoms with E-state index in [0.29, 0.717) is 0 Å². The first-order chi connectivity index (χ1) is 15.9. The Kier molecular flexibility index (Phi) is 9.58. The van der Waals surface area contributed by atoms with Crippen LogP contribution in [-0.2, 0) is 28.6 Å². The molecule has 11 nitrogen and oxygen atoms in total. The van der Waals surface area contributed by atoms with Crippen LogP contribution in [0, 0.1) is 10.1 Å². The molecule has 34 heavy (non-hydrogen) atoms. The van der Waals surface area contributed by atoms with Gasteiger partial charge in [0.15, 0.2) is 0 Å². The number of carbonyl (C=O) groups is 2. The first kappa shape index (κ1) is 27.3. The van der Waals surface area contributed by atoms with Gasteiger partial charge >= 0.3 is 18.3 Å². The first-order valence-electron chi connectivity index (χ1n) is 9.22. The Morgan fingerprint density at radius 3 is 2.50 bits per heavy atom. The number of fused-ring (bicyclic) bond motifs is 1. The van der Waals surface area contributed by atoms with Crippen molar-refractivity contribution in [3.05, 3.63) is 43.4 Å².